The SMILES string of the molecule is CC(C)(C)OC(=O)N1CCc2cnc([C@H](O)c3ccccc3)nc2CC1. The number of ether oxygens (including phenoxy) is 1. The molecule has 6 nitrogen and oxygen atoms in total. The third-order valence-corrected chi connectivity index (χ3v) is 4.25. The Morgan fingerprint density at radius 2 is 1.88 bits per heavy atom. The van der Waals surface area contributed by atoms with Gasteiger partial charge in [-0.05, 0) is 38.3 Å². The molecule has 138 valence electrons. The molecule has 1 aromatic heterocycles. The number of hydrogen-bond acceptors (Lipinski definition) is 5. The molecule has 1 aliphatic heterocycles. The fraction of sp³-hybridized carbons (Fsp3) is 0.450. The lowest BCUT2D eigenvalue weighted by molar-refractivity contribution is 0.0258. The quantitative estimate of drug-likeness (QED) is 0.896. The number of nitrogens with zero attached hydrogens (tertiary/aromatic N) is 3. The maximum atomic E-state index is 12.3. The molecule has 1 amide bonds. The molecule has 1 aliphatic rings. The summed E-state index contributed by atoms with van der Waals surface area (Å²) in [6, 6.07) is 9.36. The molecule has 0 radical (unpaired) electrons. The Labute approximate surface area is 153 Å². The normalized spacial score (nSPS) is 15.8. The van der Waals surface area contributed by atoms with E-state index in [0.717, 1.165) is 16.8 Å². The van der Waals surface area contributed by atoms with Crippen LogP contribution in [-0.2, 0) is 17.6 Å². The molecule has 1 N–H and O–H groups in total. The van der Waals surface area contributed by atoms with E-state index in [1.807, 2.05) is 51.1 Å². The van der Waals surface area contributed by atoms with E-state index in [1.165, 1.54) is 0 Å². The number of rotatable bonds is 2. The van der Waals surface area contributed by atoms with E-state index in [9.17, 15) is 9.90 Å². The molecular weight excluding hydrogens is 330 g/mol. The lowest BCUT2D eigenvalue weighted by atomic mass is 10.1. The van der Waals surface area contributed by atoms with Crippen molar-refractivity contribution in [2.45, 2.75) is 45.3 Å². The highest BCUT2D eigenvalue weighted by Gasteiger charge is 2.25. The van der Waals surface area contributed by atoms with E-state index in [0.29, 0.717) is 31.8 Å². The third kappa shape index (κ3) is 4.38. The number of fused-ring (bicyclic) bond motifs is 1. The lowest BCUT2D eigenvalue weighted by Crippen LogP contribution is -2.38. The number of benzene rings is 1. The molecule has 0 unspecified atom stereocenters. The zero-order valence-corrected chi connectivity index (χ0v) is 15.5. The Kier molecular flexibility index (Phi) is 5.23. The van der Waals surface area contributed by atoms with Crippen molar-refractivity contribution in [1.82, 2.24) is 14.9 Å². The van der Waals surface area contributed by atoms with Gasteiger partial charge in [0.1, 0.15) is 11.7 Å². The minimum Gasteiger partial charge on any atom is -0.444 e. The first-order chi connectivity index (χ1) is 12.3. The fourth-order valence-electron chi connectivity index (χ4n) is 2.92. The van der Waals surface area contributed by atoms with Gasteiger partial charge in [0.25, 0.3) is 0 Å². The second kappa shape index (κ2) is 7.41. The van der Waals surface area contributed by atoms with Crippen LogP contribution in [0.2, 0.25) is 0 Å². The van der Waals surface area contributed by atoms with Gasteiger partial charge < -0.3 is 14.7 Å². The highest BCUT2D eigenvalue weighted by molar-refractivity contribution is 5.68. The van der Waals surface area contributed by atoms with Gasteiger partial charge in [0, 0.05) is 31.4 Å². The highest BCUT2D eigenvalue weighted by atomic mass is 16.6. The molecule has 1 aromatic carbocycles. The Balaban J connectivity index is 1.74. The predicted molar refractivity (Wildman–Crippen MR) is 97.8 cm³/mol. The van der Waals surface area contributed by atoms with E-state index in [-0.39, 0.29) is 6.09 Å². The lowest BCUT2D eigenvalue weighted by Gasteiger charge is -2.26. The van der Waals surface area contributed by atoms with Crippen LogP contribution in [-0.4, -0.2) is 44.8 Å². The average molecular weight is 355 g/mol. The van der Waals surface area contributed by atoms with Gasteiger partial charge in [-0.2, -0.15) is 0 Å². The molecule has 6 heteroatoms. The Morgan fingerprint density at radius 3 is 2.58 bits per heavy atom. The molecule has 0 bridgehead atoms. The first-order valence-corrected chi connectivity index (χ1v) is 8.89. The molecule has 2 heterocycles. The second-order valence-electron chi connectivity index (χ2n) is 7.48. The monoisotopic (exact) mass is 355 g/mol. The second-order valence-corrected chi connectivity index (χ2v) is 7.48. The maximum Gasteiger partial charge on any atom is 0.410 e. The summed E-state index contributed by atoms with van der Waals surface area (Å²) in [5.74, 6) is 0.390. The molecule has 0 aliphatic carbocycles. The van der Waals surface area contributed by atoms with Gasteiger partial charge in [-0.1, -0.05) is 30.3 Å². The maximum absolute atomic E-state index is 12.3. The zero-order chi connectivity index (χ0) is 18.7. The van der Waals surface area contributed by atoms with Crippen molar-refractivity contribution < 1.29 is 14.6 Å². The number of carbonyl (C=O) groups is 1. The van der Waals surface area contributed by atoms with E-state index >= 15 is 0 Å². The van der Waals surface area contributed by atoms with Crippen LogP contribution in [0.5, 0.6) is 0 Å². The average Bonchev–Trinajstić information content (AvgIpc) is 2.82. The first kappa shape index (κ1) is 18.3. The summed E-state index contributed by atoms with van der Waals surface area (Å²) >= 11 is 0. The Morgan fingerprint density at radius 1 is 1.19 bits per heavy atom. The largest absolute Gasteiger partial charge is 0.444 e. The van der Waals surface area contributed by atoms with Gasteiger partial charge in [-0.25, -0.2) is 14.8 Å². The van der Waals surface area contributed by atoms with Crippen molar-refractivity contribution in [2.24, 2.45) is 0 Å². The summed E-state index contributed by atoms with van der Waals surface area (Å²) in [6.07, 6.45) is 1.90. The van der Waals surface area contributed by atoms with Gasteiger partial charge in [-0.15, -0.1) is 0 Å². The summed E-state index contributed by atoms with van der Waals surface area (Å²) in [6.45, 7) is 6.70. The molecule has 1 atom stereocenters. The summed E-state index contributed by atoms with van der Waals surface area (Å²) < 4.78 is 5.46. The van der Waals surface area contributed by atoms with Gasteiger partial charge in [0.2, 0.25) is 0 Å². The van der Waals surface area contributed by atoms with Crippen LogP contribution in [0, 0.1) is 0 Å². The Hall–Kier alpha value is -2.47. The van der Waals surface area contributed by atoms with Gasteiger partial charge in [-0.3, -0.25) is 0 Å². The van der Waals surface area contributed by atoms with Crippen molar-refractivity contribution in [3.8, 4) is 0 Å². The number of aliphatic hydroxyl groups excluding tert-OH is 1. The van der Waals surface area contributed by atoms with Gasteiger partial charge in [0.15, 0.2) is 5.82 Å². The van der Waals surface area contributed by atoms with Crippen molar-refractivity contribution >= 4 is 6.09 Å². The van der Waals surface area contributed by atoms with Crippen molar-refractivity contribution in [3.63, 3.8) is 0 Å². The van der Waals surface area contributed by atoms with Crippen LogP contribution in [0.3, 0.4) is 0 Å². The van der Waals surface area contributed by atoms with Crippen LogP contribution in [0.15, 0.2) is 36.5 Å². The first-order valence-electron chi connectivity index (χ1n) is 8.89. The Bertz CT molecular complexity index is 772. The summed E-state index contributed by atoms with van der Waals surface area (Å²) in [4.78, 5) is 22.9. The number of amides is 1. The molecule has 0 saturated carbocycles. The van der Waals surface area contributed by atoms with Crippen molar-refractivity contribution in [1.29, 1.82) is 0 Å². The molecule has 26 heavy (non-hydrogen) atoms. The van der Waals surface area contributed by atoms with Crippen LogP contribution in [0.1, 0.15) is 49.5 Å². The molecule has 2 aromatic rings. The van der Waals surface area contributed by atoms with Gasteiger partial charge >= 0.3 is 6.09 Å². The fourth-order valence-corrected chi connectivity index (χ4v) is 2.92. The third-order valence-electron chi connectivity index (χ3n) is 4.25. The zero-order valence-electron chi connectivity index (χ0n) is 15.5. The van der Waals surface area contributed by atoms with Crippen LogP contribution in [0.25, 0.3) is 0 Å². The van der Waals surface area contributed by atoms with Crippen molar-refractivity contribution in [3.05, 3.63) is 59.2 Å². The van der Waals surface area contributed by atoms with Crippen LogP contribution < -0.4 is 0 Å². The molecule has 0 saturated heterocycles. The smallest absolute Gasteiger partial charge is 0.410 e. The predicted octanol–water partition coefficient (Wildman–Crippen LogP) is 2.89. The minimum atomic E-state index is -0.855. The molecule has 0 spiro atoms. The summed E-state index contributed by atoms with van der Waals surface area (Å²) in [7, 11) is 0. The standard InChI is InChI=1S/C20H25N3O3/c1-20(2,3)26-19(25)23-11-9-15-13-21-18(22-16(15)10-12-23)17(24)14-7-5-4-6-8-14/h4-8,13,17,24H,9-12H2,1-3H3/t17-/m1/s1. The van der Waals surface area contributed by atoms with Crippen LogP contribution in [0.4, 0.5) is 4.79 Å². The van der Waals surface area contributed by atoms with Gasteiger partial charge in [0.05, 0.1) is 0 Å². The number of aromatic nitrogens is 2. The number of aliphatic hydroxyl groups is 1. The summed E-state index contributed by atoms with van der Waals surface area (Å²) in [5, 5.41) is 10.5. The highest BCUT2D eigenvalue weighted by Crippen LogP contribution is 2.21. The minimum absolute atomic E-state index is 0.303. The molecular formula is C20H25N3O3. The molecule has 3 rings (SSSR count). The number of carbonyl (C=O) groups excluding carboxylic acids is 1. The van der Waals surface area contributed by atoms with E-state index in [1.54, 1.807) is 11.1 Å². The topological polar surface area (TPSA) is 75.5 Å². The molecule has 0 fully saturated rings. The van der Waals surface area contributed by atoms with E-state index in [4.69, 9.17) is 4.74 Å². The van der Waals surface area contributed by atoms with E-state index in [2.05, 4.69) is 9.97 Å². The van der Waals surface area contributed by atoms with E-state index < -0.39 is 11.7 Å². The van der Waals surface area contributed by atoms with Crippen LogP contribution >= 0.6 is 0 Å². The number of hydrogen-bond donors (Lipinski definition) is 1. The summed E-state index contributed by atoms with van der Waals surface area (Å²) in [5.41, 5.74) is 2.15. The van der Waals surface area contributed by atoms with Crippen molar-refractivity contribution in [2.75, 3.05) is 13.1 Å².